The van der Waals surface area contributed by atoms with Gasteiger partial charge in [-0.2, -0.15) is 0 Å². The van der Waals surface area contributed by atoms with E-state index >= 15 is 0 Å². The van der Waals surface area contributed by atoms with Crippen molar-refractivity contribution < 1.29 is 17.8 Å². The molecule has 3 rings (SSSR count). The summed E-state index contributed by atoms with van der Waals surface area (Å²) in [6, 6.07) is 7.92. The number of hydrogen-bond acceptors (Lipinski definition) is 6. The van der Waals surface area contributed by atoms with Gasteiger partial charge in [-0.25, -0.2) is 0 Å². The van der Waals surface area contributed by atoms with Gasteiger partial charge in [-0.05, 0) is 0 Å². The Morgan fingerprint density at radius 2 is 1.96 bits per heavy atom. The second-order valence-electron chi connectivity index (χ2n) is 5.77. The van der Waals surface area contributed by atoms with Crippen molar-refractivity contribution in [2.75, 3.05) is 23.7 Å². The van der Waals surface area contributed by atoms with Gasteiger partial charge in [0.1, 0.15) is 0 Å². The summed E-state index contributed by atoms with van der Waals surface area (Å²) in [5.41, 5.74) is 1.02. The first-order chi connectivity index (χ1) is 12.3. The summed E-state index contributed by atoms with van der Waals surface area (Å²) in [5, 5.41) is 0.904. The molecular weight excluding hydrogens is 459 g/mol. The normalized spacial score (nSPS) is 20.2. The van der Waals surface area contributed by atoms with Crippen molar-refractivity contribution in [1.29, 1.82) is 0 Å². The van der Waals surface area contributed by atoms with Gasteiger partial charge >= 0.3 is 169 Å². The molecule has 2 aliphatic heterocycles. The van der Waals surface area contributed by atoms with E-state index in [4.69, 9.17) is 16.8 Å². The first kappa shape index (κ1) is 19.8. The number of thiocarbonyl (C=S) groups is 1. The molecule has 1 amide bonds. The third kappa shape index (κ3) is 4.16. The van der Waals surface area contributed by atoms with E-state index in [9.17, 15) is 13.2 Å². The number of nitrogens with zero attached hydrogens (tertiary/aromatic N) is 2. The van der Waals surface area contributed by atoms with E-state index in [-0.39, 0.29) is 26.6 Å². The standard InChI is InChI=1S/C16H18N2O4S3Se/c1-2-17-14(19)13(26-16(17)23)15-18(9-5-6-10-25(20,21)22)11-7-3-4-8-12(11)24-15/h3-4,7-8H,2,5-6,9-10H2,1H3,(H,20,21,22). The SMILES string of the molecule is CCN1C(=O)C(=C2Sc3ccccc3N2CCCCS(=O)(=O)O)[Se]C1=S. The number of likely N-dealkylation sites (N-methyl/N-ethyl adjacent to an activating group) is 1. The summed E-state index contributed by atoms with van der Waals surface area (Å²) in [5.74, 6) is -0.270. The number of para-hydroxylation sites is 1. The van der Waals surface area contributed by atoms with Crippen molar-refractivity contribution in [3.63, 3.8) is 0 Å². The fourth-order valence-corrected chi connectivity index (χ4v) is 7.46. The molecule has 0 atom stereocenters. The topological polar surface area (TPSA) is 77.9 Å². The Morgan fingerprint density at radius 3 is 2.62 bits per heavy atom. The molecule has 26 heavy (non-hydrogen) atoms. The molecule has 1 aromatic carbocycles. The molecule has 2 aliphatic rings. The predicted octanol–water partition coefficient (Wildman–Crippen LogP) is 2.29. The number of hydrogen-bond donors (Lipinski definition) is 1. The molecule has 140 valence electrons. The molecule has 1 aromatic rings. The predicted molar refractivity (Wildman–Crippen MR) is 108 cm³/mol. The fraction of sp³-hybridized carbons (Fsp3) is 0.375. The Hall–Kier alpha value is -0.901. The summed E-state index contributed by atoms with van der Waals surface area (Å²) in [6.45, 7) is 3.07. The number of carbonyl (C=O) groups is 1. The fourth-order valence-electron chi connectivity index (χ4n) is 2.78. The van der Waals surface area contributed by atoms with E-state index in [1.54, 1.807) is 16.7 Å². The van der Waals surface area contributed by atoms with Crippen LogP contribution >= 0.6 is 24.0 Å². The van der Waals surface area contributed by atoms with Gasteiger partial charge in [0, 0.05) is 0 Å². The van der Waals surface area contributed by atoms with Crippen LogP contribution in [0, 0.1) is 0 Å². The Bertz CT molecular complexity index is 885. The van der Waals surface area contributed by atoms with Crippen LogP contribution in [0.3, 0.4) is 0 Å². The van der Waals surface area contributed by atoms with Crippen LogP contribution in [0.1, 0.15) is 19.8 Å². The van der Waals surface area contributed by atoms with Crippen LogP contribution < -0.4 is 4.90 Å². The molecule has 0 unspecified atom stereocenters. The van der Waals surface area contributed by atoms with Crippen molar-refractivity contribution in [2.24, 2.45) is 0 Å². The molecule has 10 heteroatoms. The van der Waals surface area contributed by atoms with Crippen molar-refractivity contribution in [1.82, 2.24) is 4.90 Å². The molecule has 0 spiro atoms. The van der Waals surface area contributed by atoms with Crippen LogP contribution in [0.15, 0.2) is 38.7 Å². The zero-order chi connectivity index (χ0) is 18.9. The van der Waals surface area contributed by atoms with E-state index in [0.717, 1.165) is 20.1 Å². The van der Waals surface area contributed by atoms with E-state index in [1.807, 2.05) is 31.2 Å². The summed E-state index contributed by atoms with van der Waals surface area (Å²) < 4.78 is 32.2. The van der Waals surface area contributed by atoms with Crippen LogP contribution in [-0.4, -0.2) is 61.5 Å². The van der Waals surface area contributed by atoms with E-state index in [1.165, 1.54) is 0 Å². The van der Waals surface area contributed by atoms with Gasteiger partial charge in [-0.3, -0.25) is 0 Å². The number of fused-ring (bicyclic) bond motifs is 1. The van der Waals surface area contributed by atoms with Crippen LogP contribution in [-0.2, 0) is 14.9 Å². The van der Waals surface area contributed by atoms with Gasteiger partial charge < -0.3 is 0 Å². The number of rotatable bonds is 6. The van der Waals surface area contributed by atoms with E-state index in [2.05, 4.69) is 4.90 Å². The molecular formula is C16H18N2O4S3Se. The number of benzene rings is 1. The maximum atomic E-state index is 12.7. The first-order valence-corrected chi connectivity index (χ1v) is 12.6. The number of thioether (sulfide) groups is 1. The minimum absolute atomic E-state index is 0.0178. The van der Waals surface area contributed by atoms with Gasteiger partial charge in [0.15, 0.2) is 0 Å². The van der Waals surface area contributed by atoms with Gasteiger partial charge in [-0.1, -0.05) is 0 Å². The maximum absolute atomic E-state index is 12.7. The summed E-state index contributed by atoms with van der Waals surface area (Å²) in [6.07, 6.45) is 0.956. The second kappa shape index (κ2) is 8.00. The molecule has 2 heterocycles. The molecule has 0 bridgehead atoms. The monoisotopic (exact) mass is 478 g/mol. The Kier molecular flexibility index (Phi) is 6.11. The van der Waals surface area contributed by atoms with E-state index < -0.39 is 10.1 Å². The second-order valence-corrected chi connectivity index (χ2v) is 11.4. The number of carbonyl (C=O) groups excluding carboxylic acids is 1. The van der Waals surface area contributed by atoms with Gasteiger partial charge in [0.2, 0.25) is 0 Å². The summed E-state index contributed by atoms with van der Waals surface area (Å²) in [7, 11) is -3.95. The summed E-state index contributed by atoms with van der Waals surface area (Å²) in [4.78, 5) is 17.5. The van der Waals surface area contributed by atoms with Gasteiger partial charge in [-0.15, -0.1) is 0 Å². The van der Waals surface area contributed by atoms with Crippen LogP contribution in [0.5, 0.6) is 0 Å². The molecule has 1 fully saturated rings. The van der Waals surface area contributed by atoms with E-state index in [0.29, 0.717) is 29.8 Å². The zero-order valence-electron chi connectivity index (χ0n) is 14.0. The third-order valence-corrected chi connectivity index (χ3v) is 8.96. The molecule has 0 saturated carbocycles. The van der Waals surface area contributed by atoms with Crippen molar-refractivity contribution in [3.05, 3.63) is 33.8 Å². The zero-order valence-corrected chi connectivity index (χ0v) is 18.2. The quantitative estimate of drug-likeness (QED) is 0.222. The number of anilines is 1. The summed E-state index contributed by atoms with van der Waals surface area (Å²) >= 11 is 6.77. The molecule has 0 radical (unpaired) electrons. The Morgan fingerprint density at radius 1 is 1.23 bits per heavy atom. The Balaban J connectivity index is 1.86. The molecule has 0 aliphatic carbocycles. The van der Waals surface area contributed by atoms with Gasteiger partial charge in [0.05, 0.1) is 0 Å². The average molecular weight is 477 g/mol. The van der Waals surface area contributed by atoms with Gasteiger partial charge in [0.25, 0.3) is 0 Å². The third-order valence-electron chi connectivity index (χ3n) is 4.00. The Labute approximate surface area is 168 Å². The van der Waals surface area contributed by atoms with Crippen LogP contribution in [0.2, 0.25) is 0 Å². The van der Waals surface area contributed by atoms with Crippen molar-refractivity contribution in [3.8, 4) is 0 Å². The molecule has 1 N–H and O–H groups in total. The molecule has 1 saturated heterocycles. The minimum atomic E-state index is -3.95. The van der Waals surface area contributed by atoms with Crippen molar-refractivity contribution >= 4 is 64.5 Å². The number of unbranched alkanes of at least 4 members (excludes halogenated alkanes) is 1. The first-order valence-electron chi connectivity index (χ1n) is 8.09. The molecule has 0 aromatic heterocycles. The van der Waals surface area contributed by atoms with Crippen molar-refractivity contribution in [2.45, 2.75) is 24.7 Å². The average Bonchev–Trinajstić information content (AvgIpc) is 3.08. The molecule has 6 nitrogen and oxygen atoms in total. The van der Waals surface area contributed by atoms with Crippen LogP contribution in [0.4, 0.5) is 5.69 Å². The number of amides is 1. The van der Waals surface area contributed by atoms with Crippen LogP contribution in [0.25, 0.3) is 0 Å².